The third kappa shape index (κ3) is 5.55. The number of nitrogens with one attached hydrogen (secondary N) is 2. The predicted octanol–water partition coefficient (Wildman–Crippen LogP) is 4.66. The lowest BCUT2D eigenvalue weighted by Gasteiger charge is -2.25. The molecule has 1 fully saturated rings. The molecule has 3 unspecified atom stereocenters. The van der Waals surface area contributed by atoms with Gasteiger partial charge in [0.25, 0.3) is 10.0 Å². The fraction of sp³-hybridized carbons (Fsp3) is 0.333. The minimum absolute atomic E-state index is 0.0251. The number of aromatic nitrogens is 3. The standard InChI is InChI=1S/C27H26ClF2N7O3S2/c1-14-9-21-25(27(33-13-32-21)34-17-7-8-37(12-17)41(38)18-4-5-18)35-23(14)19-11-31-26(28)24(15(19)2)36-42(39,40)22-6-3-16(29)10-20(22)30/h3-4,6,10-11,13-14,17,36H,5,7-9,12H2,1-2H3,(H,32,33,34). The molecule has 1 aliphatic carbocycles. The highest BCUT2D eigenvalue weighted by Crippen LogP contribution is 2.38. The SMILES string of the molecule is Cc1c(C2=Nc3c(ncnc3NC3CCN(S(=O)C4=CC4)C3)CC2C)cnc(Cl)c1NS(=O)(=O)c1ccc(F)cc1F. The Kier molecular flexibility index (Phi) is 7.58. The number of benzene rings is 1. The number of allylic oxidation sites excluding steroid dienone is 2. The second-order valence-electron chi connectivity index (χ2n) is 10.4. The van der Waals surface area contributed by atoms with Crippen LogP contribution in [0, 0.1) is 24.5 Å². The topological polar surface area (TPSA) is 130 Å². The first-order valence-corrected chi connectivity index (χ1v) is 16.2. The quantitative estimate of drug-likeness (QED) is 0.345. The van der Waals surface area contributed by atoms with Gasteiger partial charge in [0.15, 0.2) is 11.0 Å². The molecule has 3 aliphatic rings. The zero-order valence-corrected chi connectivity index (χ0v) is 25.0. The van der Waals surface area contributed by atoms with Crippen molar-refractivity contribution in [2.45, 2.75) is 44.0 Å². The average Bonchev–Trinajstić information content (AvgIpc) is 3.69. The average molecular weight is 634 g/mol. The predicted molar refractivity (Wildman–Crippen MR) is 157 cm³/mol. The van der Waals surface area contributed by atoms with Crippen molar-refractivity contribution < 1.29 is 21.4 Å². The van der Waals surface area contributed by atoms with Crippen molar-refractivity contribution in [2.75, 3.05) is 23.1 Å². The Morgan fingerprint density at radius 1 is 1.19 bits per heavy atom. The molecule has 0 radical (unpaired) electrons. The monoisotopic (exact) mass is 633 g/mol. The Labute approximate surface area is 249 Å². The number of anilines is 2. The molecule has 0 amide bonds. The highest BCUT2D eigenvalue weighted by Gasteiger charge is 2.33. The largest absolute Gasteiger partial charge is 0.364 e. The number of halogens is 3. The molecule has 42 heavy (non-hydrogen) atoms. The van der Waals surface area contributed by atoms with Gasteiger partial charge < -0.3 is 5.32 Å². The zero-order valence-electron chi connectivity index (χ0n) is 22.6. The normalized spacial score (nSPS) is 20.9. The van der Waals surface area contributed by atoms with E-state index in [-0.39, 0.29) is 22.8 Å². The third-order valence-corrected chi connectivity index (χ3v) is 10.7. The lowest BCUT2D eigenvalue weighted by molar-refractivity contribution is 0.536. The summed E-state index contributed by atoms with van der Waals surface area (Å²) in [6.45, 7) is 4.94. The van der Waals surface area contributed by atoms with Crippen molar-refractivity contribution in [1.29, 1.82) is 0 Å². The van der Waals surface area contributed by atoms with Gasteiger partial charge in [0, 0.05) is 60.6 Å². The molecular formula is C27H26ClF2N7O3S2. The van der Waals surface area contributed by atoms with Gasteiger partial charge in [-0.05, 0) is 31.0 Å². The Balaban J connectivity index is 1.31. The van der Waals surface area contributed by atoms with E-state index in [4.69, 9.17) is 16.6 Å². The number of fused-ring (bicyclic) bond motifs is 1. The molecular weight excluding hydrogens is 608 g/mol. The summed E-state index contributed by atoms with van der Waals surface area (Å²) in [5.41, 5.74) is 2.91. The van der Waals surface area contributed by atoms with Crippen LogP contribution in [0.4, 0.5) is 26.0 Å². The number of rotatable bonds is 8. The van der Waals surface area contributed by atoms with Crippen LogP contribution in [0.5, 0.6) is 0 Å². The van der Waals surface area contributed by atoms with Gasteiger partial charge in [0.05, 0.1) is 17.1 Å². The summed E-state index contributed by atoms with van der Waals surface area (Å²) in [6, 6.07) is 2.22. The lowest BCUT2D eigenvalue weighted by atomic mass is 9.89. The van der Waals surface area contributed by atoms with Gasteiger partial charge in [-0.2, -0.15) is 0 Å². The van der Waals surface area contributed by atoms with Crippen LogP contribution >= 0.6 is 11.6 Å². The van der Waals surface area contributed by atoms with Crippen molar-refractivity contribution in [3.63, 3.8) is 0 Å². The van der Waals surface area contributed by atoms with E-state index in [1.165, 1.54) is 12.5 Å². The molecule has 1 saturated heterocycles. The van der Waals surface area contributed by atoms with Crippen LogP contribution in [0.2, 0.25) is 5.15 Å². The zero-order chi connectivity index (χ0) is 29.8. The maximum absolute atomic E-state index is 14.3. The highest BCUT2D eigenvalue weighted by molar-refractivity contribution is 7.92. The second kappa shape index (κ2) is 11.1. The van der Waals surface area contributed by atoms with Crippen LogP contribution in [0.1, 0.15) is 36.6 Å². The fourth-order valence-corrected chi connectivity index (χ4v) is 7.87. The number of sulfonamides is 1. The number of hydrogen-bond donors (Lipinski definition) is 2. The van der Waals surface area contributed by atoms with Crippen LogP contribution in [0.25, 0.3) is 0 Å². The van der Waals surface area contributed by atoms with Crippen LogP contribution in [-0.2, 0) is 27.4 Å². The first kappa shape index (κ1) is 28.8. The Morgan fingerprint density at radius 3 is 2.71 bits per heavy atom. The summed E-state index contributed by atoms with van der Waals surface area (Å²) in [5.74, 6) is -1.69. The first-order chi connectivity index (χ1) is 20.0. The summed E-state index contributed by atoms with van der Waals surface area (Å²) in [4.78, 5) is 18.3. The van der Waals surface area contributed by atoms with Gasteiger partial charge in [-0.15, -0.1) is 0 Å². The van der Waals surface area contributed by atoms with E-state index in [1.807, 2.05) is 17.3 Å². The summed E-state index contributed by atoms with van der Waals surface area (Å²) in [6.07, 6.45) is 7.13. The van der Waals surface area contributed by atoms with E-state index < -0.39 is 37.5 Å². The molecule has 0 bridgehead atoms. The Bertz CT molecular complexity index is 1800. The van der Waals surface area contributed by atoms with Crippen LogP contribution in [-0.4, -0.2) is 56.7 Å². The van der Waals surface area contributed by atoms with Gasteiger partial charge in [-0.25, -0.2) is 45.7 Å². The molecule has 0 spiro atoms. The molecule has 2 N–H and O–H groups in total. The first-order valence-electron chi connectivity index (χ1n) is 13.2. The summed E-state index contributed by atoms with van der Waals surface area (Å²) in [7, 11) is -5.55. The van der Waals surface area contributed by atoms with Crippen LogP contribution < -0.4 is 10.0 Å². The van der Waals surface area contributed by atoms with Crippen molar-refractivity contribution in [1.82, 2.24) is 19.3 Å². The molecule has 10 nitrogen and oxygen atoms in total. The molecule has 220 valence electrons. The van der Waals surface area contributed by atoms with Gasteiger partial charge in [0.2, 0.25) is 0 Å². The van der Waals surface area contributed by atoms with Crippen LogP contribution in [0.15, 0.2) is 51.6 Å². The number of pyridine rings is 1. The molecule has 6 rings (SSSR count). The van der Waals surface area contributed by atoms with Crippen molar-refractivity contribution in [3.05, 3.63) is 75.3 Å². The van der Waals surface area contributed by atoms with E-state index >= 15 is 0 Å². The van der Waals surface area contributed by atoms with Crippen molar-refractivity contribution >= 4 is 55.5 Å². The molecule has 1 aromatic carbocycles. The van der Waals surface area contributed by atoms with Crippen molar-refractivity contribution in [3.8, 4) is 0 Å². The third-order valence-electron chi connectivity index (χ3n) is 7.41. The van der Waals surface area contributed by atoms with Crippen LogP contribution in [0.3, 0.4) is 0 Å². The van der Waals surface area contributed by atoms with Gasteiger partial charge in [-0.3, -0.25) is 4.72 Å². The van der Waals surface area contributed by atoms with Gasteiger partial charge in [0.1, 0.15) is 39.5 Å². The molecule has 3 aromatic rings. The highest BCUT2D eigenvalue weighted by atomic mass is 35.5. The number of hydrogen-bond acceptors (Lipinski definition) is 8. The number of nitrogens with zero attached hydrogens (tertiary/aromatic N) is 5. The van der Waals surface area contributed by atoms with Gasteiger partial charge >= 0.3 is 0 Å². The Hall–Kier alpha value is -3.33. The molecule has 4 heterocycles. The lowest BCUT2D eigenvalue weighted by Crippen LogP contribution is -2.28. The van der Waals surface area contributed by atoms with Gasteiger partial charge in [-0.1, -0.05) is 24.6 Å². The minimum atomic E-state index is -4.46. The maximum Gasteiger partial charge on any atom is 0.264 e. The van der Waals surface area contributed by atoms with E-state index in [0.717, 1.165) is 35.6 Å². The summed E-state index contributed by atoms with van der Waals surface area (Å²) in [5, 5.41) is 3.31. The summed E-state index contributed by atoms with van der Waals surface area (Å²) >= 11 is 6.30. The molecule has 2 aliphatic heterocycles. The minimum Gasteiger partial charge on any atom is -0.364 e. The van der Waals surface area contributed by atoms with E-state index in [0.29, 0.717) is 53.9 Å². The van der Waals surface area contributed by atoms with Crippen molar-refractivity contribution in [2.24, 2.45) is 10.9 Å². The molecule has 15 heteroatoms. The Morgan fingerprint density at radius 2 is 1.98 bits per heavy atom. The summed E-state index contributed by atoms with van der Waals surface area (Å²) < 4.78 is 70.6. The smallest absolute Gasteiger partial charge is 0.264 e. The van der Waals surface area contributed by atoms with E-state index in [1.54, 1.807) is 6.92 Å². The molecule has 0 saturated carbocycles. The second-order valence-corrected chi connectivity index (χ2v) is 14.0. The van der Waals surface area contributed by atoms with E-state index in [2.05, 4.69) is 25.0 Å². The number of aliphatic imine (C=N–C) groups is 1. The van der Waals surface area contributed by atoms with E-state index in [9.17, 15) is 21.4 Å². The molecule has 2 aromatic heterocycles. The fourth-order valence-electron chi connectivity index (χ4n) is 5.10. The maximum atomic E-state index is 14.3. The molecule has 3 atom stereocenters.